The fourth-order valence-corrected chi connectivity index (χ4v) is 3.61. The van der Waals surface area contributed by atoms with Gasteiger partial charge in [0.15, 0.2) is 11.7 Å². The normalized spacial score (nSPS) is 21.5. The molecule has 6 nitrogen and oxygen atoms in total. The quantitative estimate of drug-likeness (QED) is 0.732. The van der Waals surface area contributed by atoms with Gasteiger partial charge >= 0.3 is 0 Å². The number of halogens is 1. The second-order valence-corrected chi connectivity index (χ2v) is 7.18. The maximum Gasteiger partial charge on any atom is 0.186 e. The molecule has 132 valence electrons. The van der Waals surface area contributed by atoms with E-state index in [4.69, 9.17) is 19.9 Å². The summed E-state index contributed by atoms with van der Waals surface area (Å²) in [4.78, 5) is 14.6. The number of nitrogens with one attached hydrogen (secondary N) is 1. The van der Waals surface area contributed by atoms with Crippen molar-refractivity contribution in [2.75, 3.05) is 18.4 Å². The lowest BCUT2D eigenvalue weighted by molar-refractivity contribution is 0.211. The van der Waals surface area contributed by atoms with Gasteiger partial charge in [0.25, 0.3) is 0 Å². The molecule has 1 saturated heterocycles. The van der Waals surface area contributed by atoms with Crippen LogP contribution in [0.2, 0.25) is 5.88 Å². The summed E-state index contributed by atoms with van der Waals surface area (Å²) >= 11 is 7.14. The van der Waals surface area contributed by atoms with E-state index in [1.165, 1.54) is 12.4 Å². The van der Waals surface area contributed by atoms with Crippen LogP contribution < -0.4 is 5.31 Å². The van der Waals surface area contributed by atoms with Crippen LogP contribution in [0.5, 0.6) is 0 Å². The highest BCUT2D eigenvalue weighted by atomic mass is 35.5. The molecule has 1 unspecified atom stereocenters. The number of aromatic nitrogens is 3. The number of hydrogen-bond donors (Lipinski definition) is 1. The Balaban J connectivity index is 1.55. The Labute approximate surface area is 169 Å². The first kappa shape index (κ1) is 11.4. The molecule has 2 aromatic heterocycles. The van der Waals surface area contributed by atoms with Crippen molar-refractivity contribution in [3.63, 3.8) is 0 Å². The number of nitrogens with zero attached hydrogens (tertiary/aromatic N) is 5. The lowest BCUT2D eigenvalue weighted by Gasteiger charge is -2.32. The van der Waals surface area contributed by atoms with Gasteiger partial charge in [0, 0.05) is 27.0 Å². The van der Waals surface area contributed by atoms with Gasteiger partial charge in [-0.2, -0.15) is 5.26 Å². The first-order chi connectivity index (χ1) is 15.2. The highest BCUT2D eigenvalue weighted by Crippen LogP contribution is 2.28. The molecule has 0 radical (unpaired) electrons. The van der Waals surface area contributed by atoms with Crippen molar-refractivity contribution < 1.29 is 8.27 Å². The second-order valence-electron chi connectivity index (χ2n) is 5.62. The van der Waals surface area contributed by atoms with E-state index in [-0.39, 0.29) is 65.5 Å². The van der Waals surface area contributed by atoms with E-state index < -0.39 is 12.5 Å². The summed E-state index contributed by atoms with van der Waals surface area (Å²) in [6, 6.07) is 1.04. The predicted octanol–water partition coefficient (Wildman–Crippen LogP) is 3.69. The van der Waals surface area contributed by atoms with Crippen LogP contribution >= 0.6 is 22.9 Å². The largest absolute Gasteiger partial charge is 0.365 e. The average molecular weight is 391 g/mol. The lowest BCUT2D eigenvalue weighted by atomic mass is 10.0. The van der Waals surface area contributed by atoms with Crippen molar-refractivity contribution in [1.82, 2.24) is 19.9 Å². The second kappa shape index (κ2) is 7.54. The molecule has 3 aromatic rings. The van der Waals surface area contributed by atoms with E-state index >= 15 is 0 Å². The minimum atomic E-state index is -1.33. The fourth-order valence-electron chi connectivity index (χ4n) is 2.68. The number of rotatable bonds is 4. The van der Waals surface area contributed by atoms with Gasteiger partial charge in [-0.25, -0.2) is 15.0 Å². The Hall–Kier alpha value is -2.27. The fraction of sp³-hybridized carbons (Fsp3) is 0.333. The van der Waals surface area contributed by atoms with Crippen LogP contribution in [-0.2, 0) is 6.52 Å². The molecule has 0 spiro atoms. The van der Waals surface area contributed by atoms with Crippen LogP contribution in [-0.4, -0.2) is 39.0 Å². The summed E-state index contributed by atoms with van der Waals surface area (Å²) in [7, 11) is 0. The van der Waals surface area contributed by atoms with Crippen molar-refractivity contribution >= 4 is 39.1 Å². The average Bonchev–Trinajstić information content (AvgIpc) is 3.13. The van der Waals surface area contributed by atoms with Gasteiger partial charge < -0.3 is 5.31 Å². The molecule has 3 heterocycles. The Morgan fingerprint density at radius 1 is 1.50 bits per heavy atom. The van der Waals surface area contributed by atoms with E-state index in [2.05, 4.69) is 15.0 Å². The van der Waals surface area contributed by atoms with Crippen LogP contribution in [0, 0.1) is 11.3 Å². The summed E-state index contributed by atoms with van der Waals surface area (Å²) in [5.41, 5.74) is 0.265. The van der Waals surface area contributed by atoms with Crippen molar-refractivity contribution in [1.29, 1.82) is 5.26 Å². The number of fused-ring (bicyclic) bond motifs is 1. The third-order valence-corrected chi connectivity index (χ3v) is 4.98. The maximum atomic E-state index is 9.22. The van der Waals surface area contributed by atoms with Gasteiger partial charge in [0.1, 0.15) is 16.7 Å². The van der Waals surface area contributed by atoms with E-state index in [1.807, 2.05) is 0 Å². The Morgan fingerprint density at radius 3 is 3.15 bits per heavy atom. The Kier molecular flexibility index (Phi) is 3.32. The predicted molar refractivity (Wildman–Crippen MR) is 103 cm³/mol. The highest BCUT2D eigenvalue weighted by molar-refractivity contribution is 7.21. The van der Waals surface area contributed by atoms with Crippen LogP contribution in [0.15, 0.2) is 30.5 Å². The number of piperidine rings is 1. The van der Waals surface area contributed by atoms with Gasteiger partial charge in [0.2, 0.25) is 0 Å². The number of likely N-dealkylation sites (tertiary alicyclic amines) is 1. The minimum absolute atomic E-state index is 0.0624. The van der Waals surface area contributed by atoms with Gasteiger partial charge in [0.05, 0.1) is 17.1 Å². The monoisotopic (exact) mass is 390 g/mol. The third-order valence-electron chi connectivity index (χ3n) is 3.92. The first-order valence-corrected chi connectivity index (χ1v) is 9.09. The van der Waals surface area contributed by atoms with Crippen molar-refractivity contribution in [2.24, 2.45) is 0 Å². The van der Waals surface area contributed by atoms with Crippen LogP contribution in [0.4, 0.5) is 5.82 Å². The zero-order valence-electron chi connectivity index (χ0n) is 19.5. The van der Waals surface area contributed by atoms with Gasteiger partial charge in [-0.3, -0.25) is 4.90 Å². The third kappa shape index (κ3) is 3.78. The van der Waals surface area contributed by atoms with E-state index in [0.29, 0.717) is 10.3 Å². The number of benzene rings is 1. The van der Waals surface area contributed by atoms with Crippen LogP contribution in [0.1, 0.15) is 30.8 Å². The van der Waals surface area contributed by atoms with Gasteiger partial charge in [-0.1, -0.05) is 35.0 Å². The molecule has 0 aliphatic carbocycles. The molecule has 0 saturated carbocycles. The summed E-state index contributed by atoms with van der Waals surface area (Å²) in [6.45, 7) is -0.556. The molecular weight excluding hydrogens is 368 g/mol. The molecule has 1 aliphatic heterocycles. The first-order valence-electron chi connectivity index (χ1n) is 10.9. The van der Waals surface area contributed by atoms with Crippen LogP contribution in [0.25, 0.3) is 10.3 Å². The lowest BCUT2D eigenvalue weighted by Crippen LogP contribution is -2.38. The molecule has 0 bridgehead atoms. The Morgan fingerprint density at radius 2 is 2.35 bits per heavy atom. The minimum Gasteiger partial charge on any atom is -0.365 e. The number of hydrogen-bond acceptors (Lipinski definition) is 7. The van der Waals surface area contributed by atoms with Crippen molar-refractivity contribution in [2.45, 2.75) is 25.4 Å². The molecule has 26 heavy (non-hydrogen) atoms. The molecule has 1 atom stereocenters. The number of thiazole rings is 1. The number of anilines is 1. The van der Waals surface area contributed by atoms with Crippen molar-refractivity contribution in [3.05, 3.63) is 46.1 Å². The smallest absolute Gasteiger partial charge is 0.186 e. The van der Waals surface area contributed by atoms with Crippen molar-refractivity contribution in [3.8, 4) is 6.07 Å². The van der Waals surface area contributed by atoms with E-state index in [9.17, 15) is 5.26 Å². The van der Waals surface area contributed by atoms with E-state index in [1.54, 1.807) is 11.0 Å². The zero-order chi connectivity index (χ0) is 23.2. The molecule has 0 amide bonds. The molecular formula is C18H17ClN6S. The maximum absolute atomic E-state index is 9.22. The Bertz CT molecular complexity index is 1220. The zero-order valence-corrected chi connectivity index (χ0v) is 15.1. The van der Waals surface area contributed by atoms with Gasteiger partial charge in [-0.05, 0) is 30.5 Å². The molecule has 4 rings (SSSR count). The summed E-state index contributed by atoms with van der Waals surface area (Å²) in [6.07, 6.45) is 1.72. The molecule has 1 aliphatic rings. The number of nitriles is 1. The van der Waals surface area contributed by atoms with Gasteiger partial charge in [-0.15, -0.1) is 0 Å². The van der Waals surface area contributed by atoms with E-state index in [0.717, 1.165) is 16.6 Å². The highest BCUT2D eigenvalue weighted by Gasteiger charge is 2.21. The molecule has 8 heteroatoms. The summed E-state index contributed by atoms with van der Waals surface area (Å²) in [5.74, 6) is 0.190. The summed E-state index contributed by atoms with van der Waals surface area (Å²) in [5, 5.41) is 10.2. The topological polar surface area (TPSA) is 77.7 Å². The molecule has 1 fully saturated rings. The standard InChI is InChI=1S/C18H17ClN6S/c19-18-24-15-16(21-11-22-17(15)26-18)23-14-4-6-25(7-5-14)10-13-3-1-2-12(8-13)9-20/h1-3,8,11,14H,4-7,10H2,(H,21,22,23)/i2D,3D,8D,10D,14D/hD. The van der Waals surface area contributed by atoms with Crippen LogP contribution in [0.3, 0.4) is 0 Å². The molecule has 1 N–H and O–H groups in total. The SMILES string of the molecule is [2H]c1cc([2H])c(C([2H])N2CCC([2H])(N([2H])c3ncnc4sc(Cl)nc34)CC2)c([2H])c1C#N. The molecule has 1 aromatic carbocycles. The summed E-state index contributed by atoms with van der Waals surface area (Å²) < 4.78 is 50.4.